The van der Waals surface area contributed by atoms with Crippen molar-refractivity contribution >= 4 is 29.3 Å². The van der Waals surface area contributed by atoms with E-state index in [4.69, 9.17) is 5.11 Å². The van der Waals surface area contributed by atoms with Crippen molar-refractivity contribution in [3.8, 4) is 0 Å². The summed E-state index contributed by atoms with van der Waals surface area (Å²) in [4.78, 5) is 25.0. The zero-order valence-corrected chi connectivity index (χ0v) is 10.1. The van der Waals surface area contributed by atoms with E-state index in [1.54, 1.807) is 11.4 Å². The monoisotopic (exact) mass is 251 g/mol. The van der Waals surface area contributed by atoms with Crippen LogP contribution in [0, 0.1) is 0 Å². The Morgan fingerprint density at radius 3 is 2.71 bits per heavy atom. The standard InChI is InChI=1S/C12H13NO3S/c14-11(15)4-3-10-7-9(8-17-10)12(16)13-5-1-2-6-13/h3-4,7-8H,1-2,5-6H2,(H,14,15). The van der Waals surface area contributed by atoms with Gasteiger partial charge in [-0.15, -0.1) is 11.3 Å². The minimum absolute atomic E-state index is 0.0497. The van der Waals surface area contributed by atoms with Crippen LogP contribution in [0.3, 0.4) is 0 Å². The number of carbonyl (C=O) groups excluding carboxylic acids is 1. The molecular formula is C12H13NO3S. The molecule has 0 spiro atoms. The normalized spacial score (nSPS) is 15.6. The number of nitrogens with zero attached hydrogens (tertiary/aromatic N) is 1. The number of likely N-dealkylation sites (tertiary alicyclic amines) is 1. The van der Waals surface area contributed by atoms with Crippen LogP contribution in [0.5, 0.6) is 0 Å². The van der Waals surface area contributed by atoms with Gasteiger partial charge in [0.05, 0.1) is 5.56 Å². The van der Waals surface area contributed by atoms with Gasteiger partial charge in [-0.1, -0.05) is 0 Å². The van der Waals surface area contributed by atoms with Crippen LogP contribution in [0.4, 0.5) is 0 Å². The molecule has 0 bridgehead atoms. The number of hydrogen-bond acceptors (Lipinski definition) is 3. The molecule has 17 heavy (non-hydrogen) atoms. The second-order valence-corrected chi connectivity index (χ2v) is 4.85. The fourth-order valence-electron chi connectivity index (χ4n) is 1.81. The Labute approximate surface area is 103 Å². The van der Waals surface area contributed by atoms with Crippen LogP contribution in [0.25, 0.3) is 6.08 Å². The predicted molar refractivity (Wildman–Crippen MR) is 66.1 cm³/mol. The average molecular weight is 251 g/mol. The van der Waals surface area contributed by atoms with E-state index in [2.05, 4.69) is 0 Å². The van der Waals surface area contributed by atoms with Gasteiger partial charge < -0.3 is 10.0 Å². The van der Waals surface area contributed by atoms with E-state index in [1.165, 1.54) is 17.4 Å². The molecule has 90 valence electrons. The van der Waals surface area contributed by atoms with E-state index in [0.29, 0.717) is 5.56 Å². The zero-order valence-electron chi connectivity index (χ0n) is 9.26. The maximum atomic E-state index is 12.0. The first-order chi connectivity index (χ1) is 8.16. The Kier molecular flexibility index (Phi) is 3.58. The van der Waals surface area contributed by atoms with Gasteiger partial charge in [-0.3, -0.25) is 4.79 Å². The fourth-order valence-corrected chi connectivity index (χ4v) is 2.58. The first-order valence-electron chi connectivity index (χ1n) is 5.45. The molecule has 4 nitrogen and oxygen atoms in total. The minimum atomic E-state index is -0.981. The quantitative estimate of drug-likeness (QED) is 0.837. The summed E-state index contributed by atoms with van der Waals surface area (Å²) in [5.41, 5.74) is 0.655. The summed E-state index contributed by atoms with van der Waals surface area (Å²) in [5.74, 6) is -0.931. The summed E-state index contributed by atoms with van der Waals surface area (Å²) in [5, 5.41) is 10.3. The van der Waals surface area contributed by atoms with E-state index in [1.807, 2.05) is 4.90 Å². The molecule has 0 aromatic carbocycles. The summed E-state index contributed by atoms with van der Waals surface area (Å²) in [6, 6.07) is 1.74. The molecule has 5 heteroatoms. The molecule has 1 aromatic heterocycles. The summed E-state index contributed by atoms with van der Waals surface area (Å²) < 4.78 is 0. The van der Waals surface area contributed by atoms with Crippen LogP contribution >= 0.6 is 11.3 Å². The Morgan fingerprint density at radius 1 is 1.35 bits per heavy atom. The topological polar surface area (TPSA) is 57.6 Å². The molecule has 1 saturated heterocycles. The third-order valence-corrected chi connectivity index (χ3v) is 3.55. The van der Waals surface area contributed by atoms with Gasteiger partial charge in [-0.05, 0) is 25.0 Å². The van der Waals surface area contributed by atoms with Gasteiger partial charge in [0.15, 0.2) is 0 Å². The number of rotatable bonds is 3. The van der Waals surface area contributed by atoms with Crippen molar-refractivity contribution in [2.24, 2.45) is 0 Å². The summed E-state index contributed by atoms with van der Waals surface area (Å²) >= 11 is 1.38. The predicted octanol–water partition coefficient (Wildman–Crippen LogP) is 2.08. The Hall–Kier alpha value is -1.62. The molecule has 0 unspecified atom stereocenters. The fraction of sp³-hybridized carbons (Fsp3) is 0.333. The second kappa shape index (κ2) is 5.14. The molecule has 1 aliphatic heterocycles. The Balaban J connectivity index is 2.07. The van der Waals surface area contributed by atoms with Gasteiger partial charge in [-0.2, -0.15) is 0 Å². The minimum Gasteiger partial charge on any atom is -0.478 e. The Morgan fingerprint density at radius 2 is 2.06 bits per heavy atom. The maximum absolute atomic E-state index is 12.0. The number of carbonyl (C=O) groups is 2. The highest BCUT2D eigenvalue weighted by Crippen LogP contribution is 2.20. The molecule has 2 rings (SSSR count). The number of hydrogen-bond donors (Lipinski definition) is 1. The highest BCUT2D eigenvalue weighted by Gasteiger charge is 2.19. The van der Waals surface area contributed by atoms with E-state index in [9.17, 15) is 9.59 Å². The number of aliphatic carboxylic acids is 1. The van der Waals surface area contributed by atoms with E-state index >= 15 is 0 Å². The van der Waals surface area contributed by atoms with E-state index < -0.39 is 5.97 Å². The lowest BCUT2D eigenvalue weighted by atomic mass is 10.2. The van der Waals surface area contributed by atoms with Crippen LogP contribution in [-0.4, -0.2) is 35.0 Å². The van der Waals surface area contributed by atoms with Crippen LogP contribution in [0.15, 0.2) is 17.5 Å². The van der Waals surface area contributed by atoms with Gasteiger partial charge in [0.1, 0.15) is 0 Å². The molecule has 0 atom stereocenters. The molecule has 1 amide bonds. The maximum Gasteiger partial charge on any atom is 0.328 e. The van der Waals surface area contributed by atoms with Crippen molar-refractivity contribution in [3.63, 3.8) is 0 Å². The largest absolute Gasteiger partial charge is 0.478 e. The molecule has 1 N–H and O–H groups in total. The molecule has 0 aliphatic carbocycles. The highest BCUT2D eigenvalue weighted by molar-refractivity contribution is 7.11. The van der Waals surface area contributed by atoms with Crippen LogP contribution in [0.2, 0.25) is 0 Å². The first kappa shape index (κ1) is 11.9. The lowest BCUT2D eigenvalue weighted by Crippen LogP contribution is -2.27. The summed E-state index contributed by atoms with van der Waals surface area (Å²) in [6.45, 7) is 1.66. The molecule has 0 radical (unpaired) electrons. The number of carboxylic acid groups (broad SMARTS) is 1. The molecule has 1 aliphatic rings. The van der Waals surface area contributed by atoms with Crippen LogP contribution in [-0.2, 0) is 4.79 Å². The highest BCUT2D eigenvalue weighted by atomic mass is 32.1. The number of carboxylic acids is 1. The van der Waals surface area contributed by atoms with E-state index in [-0.39, 0.29) is 5.91 Å². The lowest BCUT2D eigenvalue weighted by Gasteiger charge is -2.13. The molecule has 2 heterocycles. The summed E-state index contributed by atoms with van der Waals surface area (Å²) in [6.07, 6.45) is 4.73. The summed E-state index contributed by atoms with van der Waals surface area (Å²) in [7, 11) is 0. The van der Waals surface area contributed by atoms with Gasteiger partial charge in [0.25, 0.3) is 5.91 Å². The SMILES string of the molecule is O=C(O)C=Cc1cc(C(=O)N2CCCC2)cs1. The van der Waals surface area contributed by atoms with Gasteiger partial charge >= 0.3 is 5.97 Å². The number of amides is 1. The lowest BCUT2D eigenvalue weighted by molar-refractivity contribution is -0.131. The Bertz CT molecular complexity index is 458. The average Bonchev–Trinajstić information content (AvgIpc) is 2.97. The van der Waals surface area contributed by atoms with Gasteiger partial charge in [0.2, 0.25) is 0 Å². The zero-order chi connectivity index (χ0) is 12.3. The molecular weight excluding hydrogens is 238 g/mol. The van der Waals surface area contributed by atoms with Crippen LogP contribution < -0.4 is 0 Å². The van der Waals surface area contributed by atoms with Crippen molar-refractivity contribution in [3.05, 3.63) is 28.0 Å². The second-order valence-electron chi connectivity index (χ2n) is 3.91. The number of thiophene rings is 1. The smallest absolute Gasteiger partial charge is 0.328 e. The van der Waals surface area contributed by atoms with Crippen molar-refractivity contribution in [2.45, 2.75) is 12.8 Å². The van der Waals surface area contributed by atoms with Crippen LogP contribution in [0.1, 0.15) is 28.1 Å². The molecule has 0 saturated carbocycles. The van der Waals surface area contributed by atoms with Gasteiger partial charge in [-0.25, -0.2) is 4.79 Å². The third-order valence-electron chi connectivity index (χ3n) is 2.65. The van der Waals surface area contributed by atoms with E-state index in [0.717, 1.165) is 36.9 Å². The first-order valence-corrected chi connectivity index (χ1v) is 6.33. The molecule has 1 aromatic rings. The molecule has 1 fully saturated rings. The third kappa shape index (κ3) is 2.94. The van der Waals surface area contributed by atoms with Crippen molar-refractivity contribution in [1.29, 1.82) is 0 Å². The van der Waals surface area contributed by atoms with Crippen molar-refractivity contribution in [2.75, 3.05) is 13.1 Å². The van der Waals surface area contributed by atoms with Crippen molar-refractivity contribution < 1.29 is 14.7 Å². The van der Waals surface area contributed by atoms with Crippen molar-refractivity contribution in [1.82, 2.24) is 4.90 Å². The van der Waals surface area contributed by atoms with Gasteiger partial charge in [0, 0.05) is 29.4 Å².